The number of amides is 1. The maximum Gasteiger partial charge on any atom is 0.259 e. The summed E-state index contributed by atoms with van der Waals surface area (Å²) in [6, 6.07) is 0. The molecule has 170 valence electrons. The predicted octanol–water partition coefficient (Wildman–Crippen LogP) is 3.97. The molecule has 1 fully saturated rings. The highest BCUT2D eigenvalue weighted by atomic mass is 32.1. The van der Waals surface area contributed by atoms with Crippen molar-refractivity contribution in [3.8, 4) is 0 Å². The number of rotatable bonds is 5. The third kappa shape index (κ3) is 4.87. The van der Waals surface area contributed by atoms with E-state index < -0.39 is 0 Å². The Kier molecular flexibility index (Phi) is 6.54. The molecule has 1 atom stereocenters. The highest BCUT2D eigenvalue weighted by Gasteiger charge is 2.31. The first kappa shape index (κ1) is 22.5. The fraction of sp³-hybridized carbons (Fsp3) is 0.708. The minimum absolute atomic E-state index is 0.0140. The van der Waals surface area contributed by atoms with Crippen molar-refractivity contribution < 1.29 is 4.79 Å². The second-order valence-corrected chi connectivity index (χ2v) is 11.3. The molecule has 1 aliphatic carbocycles. The van der Waals surface area contributed by atoms with Gasteiger partial charge in [-0.15, -0.1) is 11.3 Å². The highest BCUT2D eigenvalue weighted by molar-refractivity contribution is 7.18. The number of unbranched alkanes of at least 4 members (excludes halogenated alkanes) is 1. The van der Waals surface area contributed by atoms with Gasteiger partial charge < -0.3 is 9.88 Å². The van der Waals surface area contributed by atoms with Gasteiger partial charge in [0.25, 0.3) is 5.56 Å². The van der Waals surface area contributed by atoms with E-state index in [1.54, 1.807) is 11.3 Å². The van der Waals surface area contributed by atoms with Crippen LogP contribution < -0.4 is 5.56 Å². The number of carbonyl (C=O) groups excluding carboxylic acids is 1. The molecule has 1 aliphatic heterocycles. The van der Waals surface area contributed by atoms with Crippen LogP contribution in [0.25, 0.3) is 10.2 Å². The molecular weight excluding hydrogens is 408 g/mol. The molecule has 4 rings (SSSR count). The van der Waals surface area contributed by atoms with Crippen LogP contribution in [0.3, 0.4) is 0 Å². The number of aryl methyl sites for hydroxylation is 1. The van der Waals surface area contributed by atoms with Gasteiger partial charge in [0.15, 0.2) is 0 Å². The number of nitrogens with one attached hydrogen (secondary N) is 1. The van der Waals surface area contributed by atoms with Crippen LogP contribution in [0.15, 0.2) is 4.79 Å². The Morgan fingerprint density at radius 3 is 2.65 bits per heavy atom. The average Bonchev–Trinajstić information content (AvgIpc) is 3.10. The molecule has 0 unspecified atom stereocenters. The lowest BCUT2D eigenvalue weighted by Crippen LogP contribution is -2.48. The summed E-state index contributed by atoms with van der Waals surface area (Å²) < 4.78 is 0. The first-order valence-electron chi connectivity index (χ1n) is 11.8. The molecular formula is C24H36N4O2S. The van der Waals surface area contributed by atoms with Crippen molar-refractivity contribution in [1.29, 1.82) is 0 Å². The summed E-state index contributed by atoms with van der Waals surface area (Å²) in [4.78, 5) is 39.6. The number of hydrogen-bond donors (Lipinski definition) is 1. The number of H-pyrrole nitrogens is 1. The zero-order valence-corrected chi connectivity index (χ0v) is 20.2. The molecule has 2 aromatic heterocycles. The van der Waals surface area contributed by atoms with E-state index in [0.717, 1.165) is 74.3 Å². The molecule has 1 amide bonds. The SMILES string of the molecule is CCCCC(=O)N1CCN(Cc2nc3sc4c(c3c(=O)[nH]2)CC[C@@H](C(C)(C)C)C4)CC1. The Bertz CT molecular complexity index is 995. The lowest BCUT2D eigenvalue weighted by Gasteiger charge is -2.34. The number of thiophene rings is 1. The van der Waals surface area contributed by atoms with Gasteiger partial charge in [-0.3, -0.25) is 14.5 Å². The molecule has 0 spiro atoms. The summed E-state index contributed by atoms with van der Waals surface area (Å²) in [6.45, 7) is 12.9. The van der Waals surface area contributed by atoms with E-state index in [1.807, 2.05) is 4.90 Å². The monoisotopic (exact) mass is 444 g/mol. The fourth-order valence-electron chi connectivity index (χ4n) is 4.90. The molecule has 0 radical (unpaired) electrons. The van der Waals surface area contributed by atoms with E-state index >= 15 is 0 Å². The molecule has 6 nitrogen and oxygen atoms in total. The van der Waals surface area contributed by atoms with E-state index in [1.165, 1.54) is 10.4 Å². The van der Waals surface area contributed by atoms with Crippen LogP contribution in [0.4, 0.5) is 0 Å². The summed E-state index contributed by atoms with van der Waals surface area (Å²) >= 11 is 1.72. The van der Waals surface area contributed by atoms with Crippen LogP contribution in [-0.2, 0) is 24.2 Å². The first-order valence-corrected chi connectivity index (χ1v) is 12.6. The van der Waals surface area contributed by atoms with Crippen LogP contribution >= 0.6 is 11.3 Å². The molecule has 0 bridgehead atoms. The van der Waals surface area contributed by atoms with Crippen molar-refractivity contribution in [3.63, 3.8) is 0 Å². The van der Waals surface area contributed by atoms with E-state index in [2.05, 4.69) is 37.6 Å². The number of piperazine rings is 1. The van der Waals surface area contributed by atoms with Crippen LogP contribution in [0, 0.1) is 11.3 Å². The lowest BCUT2D eigenvalue weighted by atomic mass is 9.72. The Labute approximate surface area is 189 Å². The number of aromatic amines is 1. The zero-order valence-electron chi connectivity index (χ0n) is 19.4. The molecule has 0 saturated carbocycles. The topological polar surface area (TPSA) is 69.3 Å². The summed E-state index contributed by atoms with van der Waals surface area (Å²) in [6.07, 6.45) is 5.85. The Balaban J connectivity index is 1.45. The van der Waals surface area contributed by atoms with Gasteiger partial charge in [0.1, 0.15) is 10.7 Å². The third-order valence-electron chi connectivity index (χ3n) is 7.04. The zero-order chi connectivity index (χ0) is 22.2. The fourth-order valence-corrected chi connectivity index (χ4v) is 6.21. The number of aromatic nitrogens is 2. The van der Waals surface area contributed by atoms with Crippen molar-refractivity contribution in [2.75, 3.05) is 26.2 Å². The maximum absolute atomic E-state index is 12.9. The van der Waals surface area contributed by atoms with E-state index in [9.17, 15) is 9.59 Å². The number of carbonyl (C=O) groups is 1. The first-order chi connectivity index (χ1) is 14.8. The van der Waals surface area contributed by atoms with Crippen molar-refractivity contribution in [2.45, 2.75) is 72.8 Å². The Hall–Kier alpha value is -1.73. The molecule has 1 saturated heterocycles. The molecule has 2 aliphatic rings. The van der Waals surface area contributed by atoms with E-state index in [-0.39, 0.29) is 11.5 Å². The van der Waals surface area contributed by atoms with Crippen LogP contribution in [0.5, 0.6) is 0 Å². The predicted molar refractivity (Wildman–Crippen MR) is 127 cm³/mol. The van der Waals surface area contributed by atoms with Crippen molar-refractivity contribution in [2.24, 2.45) is 11.3 Å². The summed E-state index contributed by atoms with van der Waals surface area (Å²) in [5, 5.41) is 0.822. The third-order valence-corrected chi connectivity index (χ3v) is 8.18. The van der Waals surface area contributed by atoms with Crippen LogP contribution in [0.2, 0.25) is 0 Å². The van der Waals surface area contributed by atoms with Gasteiger partial charge in [-0.05, 0) is 42.6 Å². The van der Waals surface area contributed by atoms with Crippen molar-refractivity contribution in [1.82, 2.24) is 19.8 Å². The standard InChI is InChI=1S/C24H36N4O2S/c1-5-6-7-20(29)28-12-10-27(11-13-28)15-19-25-22(30)21-17-9-8-16(24(2,3)4)14-18(17)31-23(21)26-19/h16H,5-15H2,1-4H3,(H,25,26,30)/t16-/m1/s1. The van der Waals surface area contributed by atoms with Crippen LogP contribution in [0.1, 0.15) is 69.6 Å². The van der Waals surface area contributed by atoms with E-state index in [4.69, 9.17) is 4.98 Å². The summed E-state index contributed by atoms with van der Waals surface area (Å²) in [5.41, 5.74) is 1.54. The Morgan fingerprint density at radius 2 is 1.97 bits per heavy atom. The average molecular weight is 445 g/mol. The molecule has 31 heavy (non-hydrogen) atoms. The number of hydrogen-bond acceptors (Lipinski definition) is 5. The van der Waals surface area contributed by atoms with Crippen LogP contribution in [-0.4, -0.2) is 51.9 Å². The van der Waals surface area contributed by atoms with Gasteiger partial charge in [0.2, 0.25) is 5.91 Å². The Morgan fingerprint density at radius 1 is 1.23 bits per heavy atom. The van der Waals surface area contributed by atoms with Gasteiger partial charge in [-0.1, -0.05) is 34.1 Å². The van der Waals surface area contributed by atoms with Gasteiger partial charge in [-0.2, -0.15) is 0 Å². The molecule has 3 heterocycles. The van der Waals surface area contributed by atoms with Gasteiger partial charge in [-0.25, -0.2) is 4.98 Å². The summed E-state index contributed by atoms with van der Waals surface area (Å²) in [5.74, 6) is 1.67. The summed E-state index contributed by atoms with van der Waals surface area (Å²) in [7, 11) is 0. The number of fused-ring (bicyclic) bond motifs is 3. The normalized spacial score (nSPS) is 20.3. The van der Waals surface area contributed by atoms with Crippen molar-refractivity contribution >= 4 is 27.5 Å². The molecule has 0 aromatic carbocycles. The van der Waals surface area contributed by atoms with Gasteiger partial charge in [0.05, 0.1) is 11.9 Å². The minimum atomic E-state index is 0.0140. The highest BCUT2D eigenvalue weighted by Crippen LogP contribution is 2.41. The van der Waals surface area contributed by atoms with E-state index in [0.29, 0.717) is 24.3 Å². The largest absolute Gasteiger partial charge is 0.340 e. The second kappa shape index (κ2) is 9.02. The van der Waals surface area contributed by atoms with Gasteiger partial charge in [0, 0.05) is 37.5 Å². The lowest BCUT2D eigenvalue weighted by molar-refractivity contribution is -0.133. The molecule has 2 aromatic rings. The minimum Gasteiger partial charge on any atom is -0.340 e. The quantitative estimate of drug-likeness (QED) is 0.758. The van der Waals surface area contributed by atoms with Gasteiger partial charge >= 0.3 is 0 Å². The second-order valence-electron chi connectivity index (χ2n) is 10.3. The smallest absolute Gasteiger partial charge is 0.259 e. The molecule has 1 N–H and O–H groups in total. The van der Waals surface area contributed by atoms with Crippen molar-refractivity contribution in [3.05, 3.63) is 26.6 Å². The number of nitrogens with zero attached hydrogens (tertiary/aromatic N) is 3. The maximum atomic E-state index is 12.9. The molecule has 7 heteroatoms.